The minimum absolute atomic E-state index is 0.189. The molecule has 0 amide bonds. The van der Waals surface area contributed by atoms with Crippen molar-refractivity contribution in [1.29, 1.82) is 0 Å². The lowest BCUT2D eigenvalue weighted by Gasteiger charge is -2.27. The number of benzene rings is 2. The molecule has 0 bridgehead atoms. The number of hydrogen-bond acceptors (Lipinski definition) is 2. The standard InChI is InChI=1S/C16H17FN2/c1-19(16-9-3-2-7-13(16)17)15-10-4-8-14-12(15)6-5-11-18-14/h2-4,7-10,18H,5-6,11H2,1H3. The van der Waals surface area contributed by atoms with Crippen LogP contribution in [0.4, 0.5) is 21.5 Å². The van der Waals surface area contributed by atoms with Crippen molar-refractivity contribution >= 4 is 17.1 Å². The highest BCUT2D eigenvalue weighted by molar-refractivity contribution is 5.73. The summed E-state index contributed by atoms with van der Waals surface area (Å²) in [6.45, 7) is 1.01. The smallest absolute Gasteiger partial charge is 0.146 e. The van der Waals surface area contributed by atoms with Gasteiger partial charge in [-0.15, -0.1) is 0 Å². The molecule has 0 fully saturated rings. The first-order chi connectivity index (χ1) is 9.27. The first kappa shape index (κ1) is 12.0. The van der Waals surface area contributed by atoms with E-state index in [-0.39, 0.29) is 5.82 Å². The van der Waals surface area contributed by atoms with Crippen LogP contribution in [0.25, 0.3) is 0 Å². The molecule has 1 aliphatic rings. The van der Waals surface area contributed by atoms with E-state index < -0.39 is 0 Å². The van der Waals surface area contributed by atoms with Crippen LogP contribution in [-0.4, -0.2) is 13.6 Å². The van der Waals surface area contributed by atoms with Crippen LogP contribution < -0.4 is 10.2 Å². The van der Waals surface area contributed by atoms with Gasteiger partial charge in [-0.05, 0) is 42.7 Å². The Bertz CT molecular complexity index is 595. The summed E-state index contributed by atoms with van der Waals surface area (Å²) in [4.78, 5) is 1.93. The summed E-state index contributed by atoms with van der Waals surface area (Å²) in [7, 11) is 1.92. The molecule has 0 saturated heterocycles. The van der Waals surface area contributed by atoms with Gasteiger partial charge in [0.05, 0.1) is 5.69 Å². The lowest BCUT2D eigenvalue weighted by Crippen LogP contribution is -2.18. The van der Waals surface area contributed by atoms with Crippen LogP contribution >= 0.6 is 0 Å². The third-order valence-electron chi connectivity index (χ3n) is 3.65. The molecular weight excluding hydrogens is 239 g/mol. The van der Waals surface area contributed by atoms with E-state index in [1.807, 2.05) is 30.1 Å². The Morgan fingerprint density at radius 1 is 1.05 bits per heavy atom. The van der Waals surface area contributed by atoms with Crippen LogP contribution in [-0.2, 0) is 6.42 Å². The van der Waals surface area contributed by atoms with Crippen LogP contribution in [0.3, 0.4) is 0 Å². The first-order valence-electron chi connectivity index (χ1n) is 6.61. The normalized spacial score (nSPS) is 13.6. The number of halogens is 1. The van der Waals surface area contributed by atoms with Crippen molar-refractivity contribution in [1.82, 2.24) is 0 Å². The Morgan fingerprint density at radius 2 is 1.84 bits per heavy atom. The van der Waals surface area contributed by atoms with E-state index >= 15 is 0 Å². The molecule has 3 rings (SSSR count). The van der Waals surface area contributed by atoms with E-state index in [0.717, 1.165) is 25.1 Å². The molecule has 2 aromatic rings. The average molecular weight is 256 g/mol. The predicted molar refractivity (Wildman–Crippen MR) is 77.7 cm³/mol. The quantitative estimate of drug-likeness (QED) is 0.875. The van der Waals surface area contributed by atoms with Gasteiger partial charge >= 0.3 is 0 Å². The Labute approximate surface area is 112 Å². The molecule has 2 nitrogen and oxygen atoms in total. The summed E-state index contributed by atoms with van der Waals surface area (Å²) in [5.74, 6) is -0.189. The van der Waals surface area contributed by atoms with Crippen molar-refractivity contribution < 1.29 is 4.39 Å². The number of nitrogens with one attached hydrogen (secondary N) is 1. The zero-order chi connectivity index (χ0) is 13.2. The van der Waals surface area contributed by atoms with Gasteiger partial charge in [0.15, 0.2) is 0 Å². The lowest BCUT2D eigenvalue weighted by atomic mass is 10.0. The van der Waals surface area contributed by atoms with E-state index in [9.17, 15) is 4.39 Å². The van der Waals surface area contributed by atoms with Gasteiger partial charge in [-0.25, -0.2) is 4.39 Å². The predicted octanol–water partition coefficient (Wildman–Crippen LogP) is 3.95. The Kier molecular flexibility index (Phi) is 3.11. The van der Waals surface area contributed by atoms with Crippen LogP contribution in [0.15, 0.2) is 42.5 Å². The zero-order valence-corrected chi connectivity index (χ0v) is 11.0. The molecule has 1 N–H and O–H groups in total. The van der Waals surface area contributed by atoms with Crippen LogP contribution in [0.2, 0.25) is 0 Å². The van der Waals surface area contributed by atoms with Gasteiger partial charge < -0.3 is 10.2 Å². The number of para-hydroxylation sites is 1. The molecule has 1 heterocycles. The van der Waals surface area contributed by atoms with E-state index in [4.69, 9.17) is 0 Å². The van der Waals surface area contributed by atoms with Gasteiger partial charge in [-0.2, -0.15) is 0 Å². The summed E-state index contributed by atoms with van der Waals surface area (Å²) in [5.41, 5.74) is 4.14. The Hall–Kier alpha value is -2.03. The van der Waals surface area contributed by atoms with Gasteiger partial charge in [-0.1, -0.05) is 18.2 Å². The SMILES string of the molecule is CN(c1ccccc1F)c1cccc2c1CCCN2. The maximum Gasteiger partial charge on any atom is 0.146 e. The molecular formula is C16H17FN2. The van der Waals surface area contributed by atoms with Crippen molar-refractivity contribution in [2.75, 3.05) is 23.8 Å². The molecule has 2 aromatic carbocycles. The maximum atomic E-state index is 13.9. The molecule has 0 aromatic heterocycles. The number of hydrogen-bond donors (Lipinski definition) is 1. The van der Waals surface area contributed by atoms with Crippen LogP contribution in [0.5, 0.6) is 0 Å². The second kappa shape index (κ2) is 4.92. The number of nitrogens with zero attached hydrogens (tertiary/aromatic N) is 1. The lowest BCUT2D eigenvalue weighted by molar-refractivity contribution is 0.627. The summed E-state index contributed by atoms with van der Waals surface area (Å²) >= 11 is 0. The largest absolute Gasteiger partial charge is 0.385 e. The summed E-state index contributed by atoms with van der Waals surface area (Å²) in [6.07, 6.45) is 2.16. The van der Waals surface area contributed by atoms with Crippen molar-refractivity contribution in [3.63, 3.8) is 0 Å². The Balaban J connectivity index is 2.05. The van der Waals surface area contributed by atoms with Gasteiger partial charge in [0.1, 0.15) is 5.82 Å². The van der Waals surface area contributed by atoms with E-state index in [1.165, 1.54) is 17.3 Å². The Morgan fingerprint density at radius 3 is 2.68 bits per heavy atom. The third-order valence-corrected chi connectivity index (χ3v) is 3.65. The van der Waals surface area contributed by atoms with Crippen molar-refractivity contribution in [2.24, 2.45) is 0 Å². The summed E-state index contributed by atoms with van der Waals surface area (Å²) < 4.78 is 13.9. The topological polar surface area (TPSA) is 15.3 Å². The zero-order valence-electron chi connectivity index (χ0n) is 11.0. The number of fused-ring (bicyclic) bond motifs is 1. The fourth-order valence-electron chi connectivity index (χ4n) is 2.66. The number of rotatable bonds is 2. The van der Waals surface area contributed by atoms with Crippen LogP contribution in [0, 0.1) is 5.82 Å². The van der Waals surface area contributed by atoms with E-state index in [0.29, 0.717) is 5.69 Å². The molecule has 0 unspecified atom stereocenters. The van der Waals surface area contributed by atoms with Gasteiger partial charge in [0.25, 0.3) is 0 Å². The molecule has 0 saturated carbocycles. The average Bonchev–Trinajstić information content (AvgIpc) is 2.46. The highest BCUT2D eigenvalue weighted by Gasteiger charge is 2.17. The fourth-order valence-corrected chi connectivity index (χ4v) is 2.66. The highest BCUT2D eigenvalue weighted by Crippen LogP contribution is 2.35. The second-order valence-corrected chi connectivity index (χ2v) is 4.84. The molecule has 0 radical (unpaired) electrons. The monoisotopic (exact) mass is 256 g/mol. The third kappa shape index (κ3) is 2.16. The van der Waals surface area contributed by atoms with Crippen molar-refractivity contribution in [3.05, 3.63) is 53.8 Å². The fraction of sp³-hybridized carbons (Fsp3) is 0.250. The molecule has 19 heavy (non-hydrogen) atoms. The second-order valence-electron chi connectivity index (χ2n) is 4.84. The maximum absolute atomic E-state index is 13.9. The molecule has 3 heteroatoms. The first-order valence-corrected chi connectivity index (χ1v) is 6.61. The summed E-state index contributed by atoms with van der Waals surface area (Å²) in [6, 6.07) is 13.1. The van der Waals surface area contributed by atoms with Crippen LogP contribution in [0.1, 0.15) is 12.0 Å². The summed E-state index contributed by atoms with van der Waals surface area (Å²) in [5, 5.41) is 3.40. The van der Waals surface area contributed by atoms with E-state index in [2.05, 4.69) is 17.4 Å². The molecule has 98 valence electrons. The minimum Gasteiger partial charge on any atom is -0.385 e. The van der Waals surface area contributed by atoms with Gasteiger partial charge in [-0.3, -0.25) is 0 Å². The van der Waals surface area contributed by atoms with Crippen molar-refractivity contribution in [3.8, 4) is 0 Å². The number of anilines is 3. The van der Waals surface area contributed by atoms with Crippen molar-refractivity contribution in [2.45, 2.75) is 12.8 Å². The minimum atomic E-state index is -0.189. The molecule has 0 spiro atoms. The highest BCUT2D eigenvalue weighted by atomic mass is 19.1. The molecule has 0 atom stereocenters. The molecule has 0 aliphatic carbocycles. The molecule has 1 aliphatic heterocycles. The van der Waals surface area contributed by atoms with Gasteiger partial charge in [0, 0.05) is 25.0 Å². The van der Waals surface area contributed by atoms with E-state index in [1.54, 1.807) is 6.07 Å². The van der Waals surface area contributed by atoms with Gasteiger partial charge in [0.2, 0.25) is 0 Å².